The molecule has 0 bridgehead atoms. The topological polar surface area (TPSA) is 89.2 Å². The number of sulfonamides is 1. The molecule has 9 heteroatoms. The molecule has 0 aliphatic rings. The van der Waals surface area contributed by atoms with Crippen molar-refractivity contribution in [2.24, 2.45) is 0 Å². The van der Waals surface area contributed by atoms with E-state index in [1.807, 2.05) is 24.3 Å². The molecule has 0 amide bonds. The van der Waals surface area contributed by atoms with E-state index in [9.17, 15) is 8.42 Å². The second-order valence-electron chi connectivity index (χ2n) is 6.73. The van der Waals surface area contributed by atoms with Gasteiger partial charge >= 0.3 is 0 Å². The highest BCUT2D eigenvalue weighted by Gasteiger charge is 2.14. The van der Waals surface area contributed by atoms with Crippen molar-refractivity contribution in [3.8, 4) is 0 Å². The molecule has 2 aromatic heterocycles. The maximum Gasteiger partial charge on any atom is 0.240 e. The minimum Gasteiger partial charge on any atom is -0.211 e. The quantitative estimate of drug-likeness (QED) is 0.424. The van der Waals surface area contributed by atoms with Gasteiger partial charge in [-0.15, -0.1) is 10.2 Å². The number of benzene rings is 2. The Hall–Kier alpha value is -2.75. The molecule has 4 rings (SSSR count). The molecule has 0 spiro atoms. The van der Waals surface area contributed by atoms with E-state index in [2.05, 4.69) is 39.1 Å². The molecule has 154 valence electrons. The molecule has 0 unspecified atom stereocenters. The third-order valence-corrected chi connectivity index (χ3v) is 7.08. The van der Waals surface area contributed by atoms with Gasteiger partial charge in [-0.2, -0.15) is 9.61 Å². The Bertz CT molecular complexity index is 1260. The zero-order chi connectivity index (χ0) is 21.0. The van der Waals surface area contributed by atoms with Crippen molar-refractivity contribution in [2.75, 3.05) is 6.54 Å². The lowest BCUT2D eigenvalue weighted by molar-refractivity contribution is 0.580. The number of hydrogen-bond acceptors (Lipinski definition) is 6. The number of nitrogens with one attached hydrogen (secondary N) is 1. The summed E-state index contributed by atoms with van der Waals surface area (Å²) < 4.78 is 29.0. The number of hydrogen-bond donors (Lipinski definition) is 1. The molecule has 2 heterocycles. The van der Waals surface area contributed by atoms with Crippen LogP contribution in [-0.2, 0) is 22.2 Å². The number of fused-ring (bicyclic) bond motifs is 1. The van der Waals surface area contributed by atoms with Crippen molar-refractivity contribution >= 4 is 27.4 Å². The summed E-state index contributed by atoms with van der Waals surface area (Å²) in [6.45, 7) is 2.31. The van der Waals surface area contributed by atoms with Crippen LogP contribution in [0.5, 0.6) is 0 Å². The third-order valence-electron chi connectivity index (χ3n) is 4.63. The molecule has 0 saturated carbocycles. The van der Waals surface area contributed by atoms with Gasteiger partial charge < -0.3 is 0 Å². The largest absolute Gasteiger partial charge is 0.240 e. The van der Waals surface area contributed by atoms with Gasteiger partial charge in [0.05, 0.1) is 4.90 Å². The highest BCUT2D eigenvalue weighted by Crippen LogP contribution is 2.23. The zero-order valence-electron chi connectivity index (χ0n) is 16.4. The summed E-state index contributed by atoms with van der Waals surface area (Å²) in [5.74, 6) is 1.43. The van der Waals surface area contributed by atoms with Crippen LogP contribution in [0, 0.1) is 6.92 Å². The zero-order valence-corrected chi connectivity index (χ0v) is 18.0. The molecule has 0 radical (unpaired) electrons. The van der Waals surface area contributed by atoms with Crippen LogP contribution in [0.25, 0.3) is 5.65 Å². The molecule has 0 aliphatic heterocycles. The van der Waals surface area contributed by atoms with Gasteiger partial charge in [0, 0.05) is 18.7 Å². The highest BCUT2D eigenvalue weighted by molar-refractivity contribution is 7.98. The number of nitrogens with zero attached hydrogens (tertiary/aromatic N) is 4. The first kappa shape index (κ1) is 20.5. The Kier molecular flexibility index (Phi) is 6.12. The van der Waals surface area contributed by atoms with Crippen molar-refractivity contribution in [3.05, 3.63) is 83.7 Å². The minimum absolute atomic E-state index is 0.209. The average molecular weight is 440 g/mol. The minimum atomic E-state index is -3.55. The van der Waals surface area contributed by atoms with E-state index in [0.717, 1.165) is 10.8 Å². The third kappa shape index (κ3) is 4.69. The molecule has 7 nitrogen and oxygen atoms in total. The van der Waals surface area contributed by atoms with E-state index in [0.29, 0.717) is 17.9 Å². The maximum absolute atomic E-state index is 12.4. The molecule has 0 atom stereocenters. The van der Waals surface area contributed by atoms with Crippen molar-refractivity contribution in [3.63, 3.8) is 0 Å². The Labute approximate surface area is 179 Å². The molecule has 30 heavy (non-hydrogen) atoms. The van der Waals surface area contributed by atoms with Gasteiger partial charge in [-0.25, -0.2) is 13.1 Å². The SMILES string of the molecule is Cc1ccccc1CSc1ccc2nnc(CCNS(=O)(=O)c3ccccc3)n2n1. The van der Waals surface area contributed by atoms with Crippen LogP contribution in [0.2, 0.25) is 0 Å². The number of rotatable bonds is 8. The van der Waals surface area contributed by atoms with E-state index >= 15 is 0 Å². The van der Waals surface area contributed by atoms with Crippen LogP contribution in [0.15, 0.2) is 76.7 Å². The summed E-state index contributed by atoms with van der Waals surface area (Å²) in [4.78, 5) is 0.240. The predicted molar refractivity (Wildman–Crippen MR) is 117 cm³/mol. The van der Waals surface area contributed by atoms with Crippen LogP contribution >= 0.6 is 11.8 Å². The Morgan fingerprint density at radius 3 is 2.53 bits per heavy atom. The van der Waals surface area contributed by atoms with Gasteiger partial charge in [0.1, 0.15) is 5.03 Å². The molecule has 2 aromatic carbocycles. The Morgan fingerprint density at radius 2 is 1.73 bits per heavy atom. The van der Waals surface area contributed by atoms with E-state index in [1.165, 1.54) is 11.1 Å². The summed E-state index contributed by atoms with van der Waals surface area (Å²) in [5, 5.41) is 13.8. The van der Waals surface area contributed by atoms with Crippen LogP contribution in [0.1, 0.15) is 17.0 Å². The van der Waals surface area contributed by atoms with Crippen molar-refractivity contribution in [2.45, 2.75) is 29.0 Å². The van der Waals surface area contributed by atoms with Gasteiger partial charge in [0.2, 0.25) is 10.0 Å². The second-order valence-corrected chi connectivity index (χ2v) is 9.50. The van der Waals surface area contributed by atoms with E-state index in [4.69, 9.17) is 0 Å². The summed E-state index contributed by atoms with van der Waals surface area (Å²) >= 11 is 1.64. The summed E-state index contributed by atoms with van der Waals surface area (Å²) in [6, 6.07) is 20.4. The molecular formula is C21H21N5O2S2. The first-order chi connectivity index (χ1) is 14.5. The van der Waals surface area contributed by atoms with Gasteiger partial charge in [-0.1, -0.05) is 54.2 Å². The van der Waals surface area contributed by atoms with Crippen LogP contribution in [-0.4, -0.2) is 34.8 Å². The molecule has 0 fully saturated rings. The lowest BCUT2D eigenvalue weighted by Crippen LogP contribution is -2.26. The van der Waals surface area contributed by atoms with Crippen LogP contribution < -0.4 is 4.72 Å². The first-order valence-corrected chi connectivity index (χ1v) is 11.9. The molecule has 0 saturated heterocycles. The normalized spacial score (nSPS) is 11.8. The standard InChI is InChI=1S/C21H21N5O2S2/c1-16-7-5-6-8-17(16)15-29-21-12-11-19-23-24-20(26(19)25-21)13-14-22-30(27,28)18-9-3-2-4-10-18/h2-12,22H,13-15H2,1H3. The van der Waals surface area contributed by atoms with Gasteiger partial charge in [0.25, 0.3) is 0 Å². The average Bonchev–Trinajstić information content (AvgIpc) is 3.16. The van der Waals surface area contributed by atoms with Crippen molar-refractivity contribution in [1.29, 1.82) is 0 Å². The molecule has 4 aromatic rings. The number of aromatic nitrogens is 4. The van der Waals surface area contributed by atoms with E-state index in [1.54, 1.807) is 46.6 Å². The van der Waals surface area contributed by atoms with Crippen LogP contribution in [0.4, 0.5) is 0 Å². The Morgan fingerprint density at radius 1 is 0.967 bits per heavy atom. The number of thioether (sulfide) groups is 1. The molecule has 0 aliphatic carbocycles. The predicted octanol–water partition coefficient (Wildman–Crippen LogP) is 3.25. The van der Waals surface area contributed by atoms with Gasteiger partial charge in [-0.05, 0) is 42.3 Å². The highest BCUT2D eigenvalue weighted by atomic mass is 32.2. The van der Waals surface area contributed by atoms with Crippen molar-refractivity contribution < 1.29 is 8.42 Å². The monoisotopic (exact) mass is 439 g/mol. The lowest BCUT2D eigenvalue weighted by Gasteiger charge is -2.07. The van der Waals surface area contributed by atoms with Gasteiger partial charge in [-0.3, -0.25) is 0 Å². The summed E-state index contributed by atoms with van der Waals surface area (Å²) in [7, 11) is -3.55. The smallest absolute Gasteiger partial charge is 0.211 e. The Balaban J connectivity index is 1.43. The maximum atomic E-state index is 12.4. The summed E-state index contributed by atoms with van der Waals surface area (Å²) in [5.41, 5.74) is 3.15. The molecular weight excluding hydrogens is 418 g/mol. The lowest BCUT2D eigenvalue weighted by atomic mass is 10.1. The fraction of sp³-hybridized carbons (Fsp3) is 0.190. The van der Waals surface area contributed by atoms with Crippen LogP contribution in [0.3, 0.4) is 0 Å². The second kappa shape index (κ2) is 8.95. The van der Waals surface area contributed by atoms with Crippen molar-refractivity contribution in [1.82, 2.24) is 24.5 Å². The fourth-order valence-corrected chi connectivity index (χ4v) is 4.94. The van der Waals surface area contributed by atoms with E-state index in [-0.39, 0.29) is 11.4 Å². The number of aryl methyl sites for hydroxylation is 1. The summed E-state index contributed by atoms with van der Waals surface area (Å²) in [6.07, 6.45) is 0.381. The fourth-order valence-electron chi connectivity index (χ4n) is 2.95. The van der Waals surface area contributed by atoms with Gasteiger partial charge in [0.15, 0.2) is 11.5 Å². The molecule has 1 N–H and O–H groups in total. The first-order valence-electron chi connectivity index (χ1n) is 9.46. The van der Waals surface area contributed by atoms with E-state index < -0.39 is 10.0 Å².